The number of anilines is 1. The van der Waals surface area contributed by atoms with Crippen LogP contribution in [0.5, 0.6) is 0 Å². The number of aryl methyl sites for hydroxylation is 1. The van der Waals surface area contributed by atoms with Crippen LogP contribution < -0.4 is 11.1 Å². The van der Waals surface area contributed by atoms with E-state index >= 15 is 0 Å². The van der Waals surface area contributed by atoms with Crippen molar-refractivity contribution in [3.8, 4) is 0 Å². The Labute approximate surface area is 115 Å². The third kappa shape index (κ3) is 3.49. The van der Waals surface area contributed by atoms with Gasteiger partial charge in [-0.25, -0.2) is 0 Å². The van der Waals surface area contributed by atoms with Crippen LogP contribution in [0.25, 0.3) is 0 Å². The van der Waals surface area contributed by atoms with Crippen molar-refractivity contribution in [3.63, 3.8) is 0 Å². The van der Waals surface area contributed by atoms with Crippen molar-refractivity contribution in [2.75, 3.05) is 5.73 Å². The molecule has 1 fully saturated rings. The van der Waals surface area contributed by atoms with Crippen molar-refractivity contribution in [2.45, 2.75) is 46.1 Å². The topological polar surface area (TPSA) is 55.1 Å². The Balaban J connectivity index is 2.04. The van der Waals surface area contributed by atoms with Gasteiger partial charge in [0.2, 0.25) is 0 Å². The van der Waals surface area contributed by atoms with Gasteiger partial charge < -0.3 is 11.1 Å². The maximum atomic E-state index is 12.3. The molecule has 1 aromatic carbocycles. The van der Waals surface area contributed by atoms with Crippen LogP contribution in [0.1, 0.15) is 49.0 Å². The number of hydrogen-bond donors (Lipinski definition) is 2. The summed E-state index contributed by atoms with van der Waals surface area (Å²) in [6, 6.07) is 5.76. The van der Waals surface area contributed by atoms with Gasteiger partial charge in [0.25, 0.3) is 5.91 Å². The zero-order valence-electron chi connectivity index (χ0n) is 12.1. The number of nitrogen functional groups attached to an aromatic ring is 1. The standard InChI is InChI=1S/C16H24N2O/c1-10-6-11(2)8-14(7-10)18-16(19)15-5-4-13(17)9-12(15)3/h4-5,9-11,14H,6-8,17H2,1-3H3,(H,18,19). The van der Waals surface area contributed by atoms with E-state index in [1.54, 1.807) is 6.07 Å². The molecule has 0 bridgehead atoms. The first-order valence-electron chi connectivity index (χ1n) is 7.12. The maximum absolute atomic E-state index is 12.3. The Morgan fingerprint density at radius 2 is 1.84 bits per heavy atom. The van der Waals surface area contributed by atoms with E-state index < -0.39 is 0 Å². The van der Waals surface area contributed by atoms with Crippen LogP contribution in [-0.2, 0) is 0 Å². The highest BCUT2D eigenvalue weighted by Crippen LogP contribution is 2.28. The minimum atomic E-state index is 0.0313. The maximum Gasteiger partial charge on any atom is 0.251 e. The Bertz CT molecular complexity index is 460. The van der Waals surface area contributed by atoms with Crippen LogP contribution in [0, 0.1) is 18.8 Å². The summed E-state index contributed by atoms with van der Waals surface area (Å²) in [5, 5.41) is 3.18. The van der Waals surface area contributed by atoms with Gasteiger partial charge in [0.1, 0.15) is 0 Å². The second-order valence-electron chi connectivity index (χ2n) is 6.16. The van der Waals surface area contributed by atoms with Gasteiger partial charge in [0.05, 0.1) is 0 Å². The van der Waals surface area contributed by atoms with Crippen molar-refractivity contribution >= 4 is 11.6 Å². The molecule has 2 atom stereocenters. The summed E-state index contributed by atoms with van der Waals surface area (Å²) in [4.78, 5) is 12.3. The molecule has 0 aromatic heterocycles. The average molecular weight is 260 g/mol. The minimum Gasteiger partial charge on any atom is -0.399 e. The van der Waals surface area contributed by atoms with E-state index in [1.807, 2.05) is 19.1 Å². The number of benzene rings is 1. The molecule has 1 aromatic rings. The van der Waals surface area contributed by atoms with Crippen molar-refractivity contribution in [1.29, 1.82) is 0 Å². The highest BCUT2D eigenvalue weighted by atomic mass is 16.1. The number of carbonyl (C=O) groups excluding carboxylic acids is 1. The second kappa shape index (κ2) is 5.64. The predicted octanol–water partition coefficient (Wildman–Crippen LogP) is 3.13. The predicted molar refractivity (Wildman–Crippen MR) is 79.0 cm³/mol. The lowest BCUT2D eigenvalue weighted by Crippen LogP contribution is -2.40. The molecule has 0 radical (unpaired) electrons. The fraction of sp³-hybridized carbons (Fsp3) is 0.562. The Morgan fingerprint density at radius 3 is 2.42 bits per heavy atom. The first-order chi connectivity index (χ1) is 8.95. The van der Waals surface area contributed by atoms with Gasteiger partial charge in [-0.3, -0.25) is 4.79 Å². The molecular formula is C16H24N2O. The SMILES string of the molecule is Cc1cc(N)ccc1C(=O)NC1CC(C)CC(C)C1. The average Bonchev–Trinajstić information content (AvgIpc) is 2.26. The number of amides is 1. The van der Waals surface area contributed by atoms with Gasteiger partial charge in [-0.2, -0.15) is 0 Å². The highest BCUT2D eigenvalue weighted by Gasteiger charge is 2.25. The molecule has 3 heteroatoms. The van der Waals surface area contributed by atoms with Gasteiger partial charge in [-0.05, 0) is 61.8 Å². The lowest BCUT2D eigenvalue weighted by atomic mass is 9.80. The van der Waals surface area contributed by atoms with Crippen molar-refractivity contribution < 1.29 is 4.79 Å². The summed E-state index contributed by atoms with van der Waals surface area (Å²) in [5.74, 6) is 1.42. The van der Waals surface area contributed by atoms with Gasteiger partial charge in [0.15, 0.2) is 0 Å². The highest BCUT2D eigenvalue weighted by molar-refractivity contribution is 5.96. The lowest BCUT2D eigenvalue weighted by Gasteiger charge is -2.32. The van der Waals surface area contributed by atoms with Crippen molar-refractivity contribution in [1.82, 2.24) is 5.32 Å². The number of nitrogens with one attached hydrogen (secondary N) is 1. The summed E-state index contributed by atoms with van der Waals surface area (Å²) in [5.41, 5.74) is 8.09. The smallest absolute Gasteiger partial charge is 0.251 e. The fourth-order valence-electron chi connectivity index (χ4n) is 3.27. The van der Waals surface area contributed by atoms with E-state index in [4.69, 9.17) is 5.73 Å². The van der Waals surface area contributed by atoms with E-state index in [2.05, 4.69) is 19.2 Å². The van der Waals surface area contributed by atoms with Gasteiger partial charge in [-0.1, -0.05) is 13.8 Å². The third-order valence-corrected chi connectivity index (χ3v) is 4.01. The van der Waals surface area contributed by atoms with Crippen LogP contribution in [0.2, 0.25) is 0 Å². The summed E-state index contributed by atoms with van der Waals surface area (Å²) >= 11 is 0. The molecule has 2 rings (SSSR count). The Kier molecular flexibility index (Phi) is 4.13. The molecule has 3 nitrogen and oxygen atoms in total. The molecule has 1 amide bonds. The lowest BCUT2D eigenvalue weighted by molar-refractivity contribution is 0.0910. The number of nitrogens with two attached hydrogens (primary N) is 1. The number of hydrogen-bond acceptors (Lipinski definition) is 2. The van der Waals surface area contributed by atoms with Crippen LogP contribution >= 0.6 is 0 Å². The molecule has 1 aliphatic carbocycles. The molecule has 3 N–H and O–H groups in total. The van der Waals surface area contributed by atoms with Gasteiger partial charge in [-0.15, -0.1) is 0 Å². The molecule has 0 saturated heterocycles. The molecule has 104 valence electrons. The minimum absolute atomic E-state index is 0.0313. The molecular weight excluding hydrogens is 236 g/mol. The Morgan fingerprint density at radius 1 is 1.21 bits per heavy atom. The quantitative estimate of drug-likeness (QED) is 0.803. The molecule has 1 saturated carbocycles. The number of carbonyl (C=O) groups is 1. The summed E-state index contributed by atoms with van der Waals surface area (Å²) in [6.45, 7) is 6.46. The van der Waals surface area contributed by atoms with E-state index in [1.165, 1.54) is 6.42 Å². The molecule has 1 aliphatic rings. The molecule has 19 heavy (non-hydrogen) atoms. The molecule has 0 spiro atoms. The Hall–Kier alpha value is -1.51. The van der Waals surface area contributed by atoms with Crippen molar-refractivity contribution in [2.24, 2.45) is 11.8 Å². The van der Waals surface area contributed by atoms with E-state index in [0.29, 0.717) is 23.6 Å². The second-order valence-corrected chi connectivity index (χ2v) is 6.16. The van der Waals surface area contributed by atoms with Crippen LogP contribution in [-0.4, -0.2) is 11.9 Å². The fourth-order valence-corrected chi connectivity index (χ4v) is 3.27. The number of rotatable bonds is 2. The van der Waals surface area contributed by atoms with E-state index in [9.17, 15) is 4.79 Å². The monoisotopic (exact) mass is 260 g/mol. The summed E-state index contributed by atoms with van der Waals surface area (Å²) < 4.78 is 0. The van der Waals surface area contributed by atoms with E-state index in [0.717, 1.165) is 24.0 Å². The van der Waals surface area contributed by atoms with Crippen LogP contribution in [0.15, 0.2) is 18.2 Å². The summed E-state index contributed by atoms with van der Waals surface area (Å²) in [7, 11) is 0. The van der Waals surface area contributed by atoms with Gasteiger partial charge >= 0.3 is 0 Å². The normalized spacial score (nSPS) is 27.0. The zero-order valence-corrected chi connectivity index (χ0v) is 12.1. The summed E-state index contributed by atoms with van der Waals surface area (Å²) in [6.07, 6.45) is 3.45. The molecule has 0 heterocycles. The first kappa shape index (κ1) is 13.9. The zero-order chi connectivity index (χ0) is 14.0. The molecule has 0 aliphatic heterocycles. The van der Waals surface area contributed by atoms with Crippen LogP contribution in [0.4, 0.5) is 5.69 Å². The molecule has 2 unspecified atom stereocenters. The first-order valence-corrected chi connectivity index (χ1v) is 7.12. The van der Waals surface area contributed by atoms with Crippen LogP contribution in [0.3, 0.4) is 0 Å². The van der Waals surface area contributed by atoms with E-state index in [-0.39, 0.29) is 5.91 Å². The van der Waals surface area contributed by atoms with Crippen molar-refractivity contribution in [3.05, 3.63) is 29.3 Å². The van der Waals surface area contributed by atoms with Gasteiger partial charge in [0, 0.05) is 17.3 Å². The largest absolute Gasteiger partial charge is 0.399 e. The third-order valence-electron chi connectivity index (χ3n) is 4.01.